The first-order valence-corrected chi connectivity index (χ1v) is 8.94. The zero-order chi connectivity index (χ0) is 18.2. The Balaban J connectivity index is 1.59. The molecule has 0 bridgehead atoms. The van der Waals surface area contributed by atoms with Gasteiger partial charge < -0.3 is 10.6 Å². The maximum atomic E-state index is 12.4. The van der Waals surface area contributed by atoms with Crippen molar-refractivity contribution in [2.45, 2.75) is 65.1 Å². The van der Waals surface area contributed by atoms with Crippen LogP contribution in [0.3, 0.4) is 0 Å². The molecule has 25 heavy (non-hydrogen) atoms. The normalized spacial score (nSPS) is 15.7. The third-order valence-corrected chi connectivity index (χ3v) is 4.82. The fourth-order valence-corrected chi connectivity index (χ4v) is 3.40. The van der Waals surface area contributed by atoms with Gasteiger partial charge in [-0.2, -0.15) is 5.10 Å². The van der Waals surface area contributed by atoms with Crippen LogP contribution in [0.1, 0.15) is 56.1 Å². The number of fused-ring (bicyclic) bond motifs is 1. The molecule has 1 aliphatic carbocycles. The van der Waals surface area contributed by atoms with Gasteiger partial charge in [-0.1, -0.05) is 24.3 Å². The summed E-state index contributed by atoms with van der Waals surface area (Å²) in [4.78, 5) is 12.4. The van der Waals surface area contributed by atoms with Crippen molar-refractivity contribution in [2.75, 3.05) is 0 Å². The Morgan fingerprint density at radius 2 is 1.84 bits per heavy atom. The third kappa shape index (κ3) is 3.86. The number of nitrogens with one attached hydrogen (secondary N) is 2. The first-order valence-electron chi connectivity index (χ1n) is 8.94. The summed E-state index contributed by atoms with van der Waals surface area (Å²) < 4.78 is 1.96. The number of urea groups is 1. The molecule has 3 rings (SSSR count). The molecule has 0 saturated heterocycles. The molecule has 134 valence electrons. The molecule has 0 radical (unpaired) electrons. The van der Waals surface area contributed by atoms with Crippen LogP contribution in [0.25, 0.3) is 0 Å². The van der Waals surface area contributed by atoms with E-state index < -0.39 is 0 Å². The summed E-state index contributed by atoms with van der Waals surface area (Å²) in [5, 5.41) is 10.7. The van der Waals surface area contributed by atoms with Crippen LogP contribution in [-0.4, -0.2) is 21.9 Å². The van der Waals surface area contributed by atoms with Crippen LogP contribution in [0.2, 0.25) is 0 Å². The van der Waals surface area contributed by atoms with Crippen LogP contribution < -0.4 is 10.6 Å². The van der Waals surface area contributed by atoms with Crippen molar-refractivity contribution >= 4 is 6.03 Å². The number of amides is 2. The number of carbonyl (C=O) groups is 1. The van der Waals surface area contributed by atoms with E-state index in [0.717, 1.165) is 24.1 Å². The molecule has 5 nitrogen and oxygen atoms in total. The lowest BCUT2D eigenvalue weighted by Gasteiger charge is -2.19. The SMILES string of the molecule is Cc1nn(C(C)(C)C)cc1C(C)NC(=O)NC1Cc2ccccc2C1. The van der Waals surface area contributed by atoms with Crippen LogP contribution in [0, 0.1) is 6.92 Å². The summed E-state index contributed by atoms with van der Waals surface area (Å²) in [6.07, 6.45) is 3.84. The average molecular weight is 340 g/mol. The van der Waals surface area contributed by atoms with Crippen LogP contribution in [0.4, 0.5) is 4.79 Å². The highest BCUT2D eigenvalue weighted by Crippen LogP contribution is 2.23. The van der Waals surface area contributed by atoms with E-state index in [1.54, 1.807) is 0 Å². The molecule has 2 N–H and O–H groups in total. The fraction of sp³-hybridized carbons (Fsp3) is 0.500. The lowest BCUT2D eigenvalue weighted by atomic mass is 10.1. The van der Waals surface area contributed by atoms with Gasteiger partial charge in [0.25, 0.3) is 0 Å². The van der Waals surface area contributed by atoms with Gasteiger partial charge in [0.05, 0.1) is 17.3 Å². The number of hydrogen-bond acceptors (Lipinski definition) is 2. The summed E-state index contributed by atoms with van der Waals surface area (Å²) in [5.41, 5.74) is 4.61. The second-order valence-corrected chi connectivity index (χ2v) is 8.00. The van der Waals surface area contributed by atoms with Crippen molar-refractivity contribution in [3.8, 4) is 0 Å². The minimum atomic E-state index is -0.117. The highest BCUT2D eigenvalue weighted by Gasteiger charge is 2.24. The number of carbonyl (C=O) groups excluding carboxylic acids is 1. The van der Waals surface area contributed by atoms with Crippen LogP contribution in [0.5, 0.6) is 0 Å². The van der Waals surface area contributed by atoms with Crippen LogP contribution in [0.15, 0.2) is 30.5 Å². The Morgan fingerprint density at radius 1 is 1.24 bits per heavy atom. The highest BCUT2D eigenvalue weighted by molar-refractivity contribution is 5.75. The van der Waals surface area contributed by atoms with E-state index in [1.165, 1.54) is 11.1 Å². The van der Waals surface area contributed by atoms with E-state index >= 15 is 0 Å². The molecule has 0 saturated carbocycles. The van der Waals surface area contributed by atoms with Crippen molar-refractivity contribution in [1.29, 1.82) is 0 Å². The molecule has 0 aliphatic heterocycles. The Hall–Kier alpha value is -2.30. The standard InChI is InChI=1S/C20H28N4O/c1-13(18-12-24(20(3,4)5)23-14(18)2)21-19(25)22-17-10-15-8-6-7-9-16(15)11-17/h6-9,12-13,17H,10-11H2,1-5H3,(H2,21,22,25). The zero-order valence-corrected chi connectivity index (χ0v) is 15.8. The molecule has 2 amide bonds. The van der Waals surface area contributed by atoms with Gasteiger partial charge in [0, 0.05) is 17.8 Å². The molecule has 1 aromatic heterocycles. The molecular formula is C20H28N4O. The average Bonchev–Trinajstić information content (AvgIpc) is 3.09. The number of rotatable bonds is 3. The number of aromatic nitrogens is 2. The van der Waals surface area contributed by atoms with E-state index in [-0.39, 0.29) is 23.7 Å². The summed E-state index contributed by atoms with van der Waals surface area (Å²) in [6.45, 7) is 10.3. The maximum absolute atomic E-state index is 12.4. The van der Waals surface area contributed by atoms with Gasteiger partial charge in [0.15, 0.2) is 0 Å². The third-order valence-electron chi connectivity index (χ3n) is 4.82. The van der Waals surface area contributed by atoms with Crippen molar-refractivity contribution in [1.82, 2.24) is 20.4 Å². The van der Waals surface area contributed by atoms with Crippen molar-refractivity contribution < 1.29 is 4.79 Å². The second kappa shape index (κ2) is 6.54. The molecule has 2 aromatic rings. The van der Waals surface area contributed by atoms with E-state index in [9.17, 15) is 4.79 Å². The predicted molar refractivity (Wildman–Crippen MR) is 99.7 cm³/mol. The minimum Gasteiger partial charge on any atom is -0.335 e. The molecule has 1 unspecified atom stereocenters. The number of hydrogen-bond donors (Lipinski definition) is 2. The first-order chi connectivity index (χ1) is 11.7. The molecular weight excluding hydrogens is 312 g/mol. The number of aryl methyl sites for hydroxylation is 1. The largest absolute Gasteiger partial charge is 0.335 e. The summed E-state index contributed by atoms with van der Waals surface area (Å²) in [7, 11) is 0. The topological polar surface area (TPSA) is 59.0 Å². The van der Waals surface area contributed by atoms with Gasteiger partial charge in [-0.05, 0) is 58.6 Å². The summed E-state index contributed by atoms with van der Waals surface area (Å²) >= 11 is 0. The van der Waals surface area contributed by atoms with Gasteiger partial charge in [-0.15, -0.1) is 0 Å². The molecule has 0 spiro atoms. The minimum absolute atomic E-state index is 0.0688. The molecule has 1 aromatic carbocycles. The molecule has 1 aliphatic rings. The lowest BCUT2D eigenvalue weighted by molar-refractivity contribution is 0.234. The second-order valence-electron chi connectivity index (χ2n) is 8.00. The Labute approximate surface area is 149 Å². The van der Waals surface area contributed by atoms with Crippen molar-refractivity contribution in [3.63, 3.8) is 0 Å². The van der Waals surface area contributed by atoms with E-state index in [0.29, 0.717) is 0 Å². The maximum Gasteiger partial charge on any atom is 0.315 e. The van der Waals surface area contributed by atoms with Crippen molar-refractivity contribution in [3.05, 3.63) is 52.8 Å². The lowest BCUT2D eigenvalue weighted by Crippen LogP contribution is -2.43. The molecule has 1 heterocycles. The van der Waals surface area contributed by atoms with Crippen LogP contribution >= 0.6 is 0 Å². The molecule has 5 heteroatoms. The predicted octanol–water partition coefficient (Wildman–Crippen LogP) is 3.47. The summed E-state index contributed by atoms with van der Waals surface area (Å²) in [5.74, 6) is 0. The van der Waals surface area contributed by atoms with Crippen LogP contribution in [-0.2, 0) is 18.4 Å². The van der Waals surface area contributed by atoms with Crippen molar-refractivity contribution in [2.24, 2.45) is 0 Å². The molecule has 1 atom stereocenters. The van der Waals surface area contributed by atoms with Gasteiger partial charge in [0.1, 0.15) is 0 Å². The van der Waals surface area contributed by atoms with Gasteiger partial charge >= 0.3 is 6.03 Å². The Morgan fingerprint density at radius 3 is 2.36 bits per heavy atom. The van der Waals surface area contributed by atoms with Gasteiger partial charge in [0.2, 0.25) is 0 Å². The monoisotopic (exact) mass is 340 g/mol. The Bertz CT molecular complexity index is 747. The highest BCUT2D eigenvalue weighted by atomic mass is 16.2. The van der Waals surface area contributed by atoms with E-state index in [2.05, 4.69) is 60.8 Å². The zero-order valence-electron chi connectivity index (χ0n) is 15.8. The smallest absolute Gasteiger partial charge is 0.315 e. The van der Waals surface area contributed by atoms with E-state index in [1.807, 2.05) is 24.7 Å². The quantitative estimate of drug-likeness (QED) is 0.899. The number of benzene rings is 1. The number of nitrogens with zero attached hydrogens (tertiary/aromatic N) is 2. The first kappa shape index (κ1) is 17.5. The summed E-state index contributed by atoms with van der Waals surface area (Å²) in [6, 6.07) is 8.36. The molecule has 0 fully saturated rings. The Kier molecular flexibility index (Phi) is 4.58. The van der Waals surface area contributed by atoms with Gasteiger partial charge in [-0.3, -0.25) is 4.68 Å². The van der Waals surface area contributed by atoms with Gasteiger partial charge in [-0.25, -0.2) is 4.79 Å². The fourth-order valence-electron chi connectivity index (χ4n) is 3.40. The van der Waals surface area contributed by atoms with E-state index in [4.69, 9.17) is 0 Å².